The summed E-state index contributed by atoms with van der Waals surface area (Å²) in [5.41, 5.74) is 3.76. The van der Waals surface area contributed by atoms with Gasteiger partial charge in [0.05, 0.1) is 17.2 Å². The van der Waals surface area contributed by atoms with Crippen LogP contribution in [0.1, 0.15) is 48.8 Å². The van der Waals surface area contributed by atoms with Gasteiger partial charge in [-0.3, -0.25) is 0 Å². The summed E-state index contributed by atoms with van der Waals surface area (Å²) in [5.74, 6) is -0.704. The number of carbonyl (C=O) groups excluding carboxylic acids is 1. The zero-order valence-electron chi connectivity index (χ0n) is 24.7. The molecule has 0 saturated carbocycles. The van der Waals surface area contributed by atoms with Crippen LogP contribution < -0.4 is 4.90 Å². The number of fused-ring (bicyclic) bond motifs is 1. The molecule has 4 aromatic rings. The van der Waals surface area contributed by atoms with Crippen LogP contribution >= 0.6 is 0 Å². The van der Waals surface area contributed by atoms with Crippen molar-refractivity contribution in [3.8, 4) is 11.5 Å². The van der Waals surface area contributed by atoms with Gasteiger partial charge in [0, 0.05) is 44.1 Å². The van der Waals surface area contributed by atoms with E-state index >= 15 is 0 Å². The number of benzene rings is 3. The molecule has 10 heteroatoms. The summed E-state index contributed by atoms with van der Waals surface area (Å²) in [5, 5.41) is 21.4. The number of sulfonamides is 1. The Morgan fingerprint density at radius 1 is 0.976 bits per heavy atom. The lowest BCUT2D eigenvalue weighted by Crippen LogP contribution is -2.35. The van der Waals surface area contributed by atoms with E-state index in [4.69, 9.17) is 4.74 Å². The number of phenols is 2. The molecule has 2 N–H and O–H groups in total. The van der Waals surface area contributed by atoms with Gasteiger partial charge in [-0.2, -0.15) is 0 Å². The molecule has 3 aromatic carbocycles. The number of nitrogens with zero attached hydrogens (tertiary/aromatic N) is 3. The first kappa shape index (κ1) is 30.9. The number of esters is 1. The molecule has 1 atom stereocenters. The molecule has 0 amide bonds. The van der Waals surface area contributed by atoms with Gasteiger partial charge in [-0.25, -0.2) is 17.5 Å². The zero-order chi connectivity index (χ0) is 30.6. The largest absolute Gasteiger partial charge is 0.504 e. The van der Waals surface area contributed by atoms with Gasteiger partial charge in [-0.15, -0.1) is 0 Å². The number of para-hydroxylation sites is 1. The number of rotatable bonds is 12. The Labute approximate surface area is 247 Å². The number of aromatic hydroxyl groups is 2. The molecule has 0 aliphatic carbocycles. The molecule has 0 aliphatic heterocycles. The summed E-state index contributed by atoms with van der Waals surface area (Å²) in [6.45, 7) is 7.23. The molecule has 1 heterocycles. The number of phenolic OH excluding ortho intramolecular Hbond substituents is 2. The Morgan fingerprint density at radius 2 is 1.67 bits per heavy atom. The molecular weight excluding hydrogens is 554 g/mol. The molecule has 0 bridgehead atoms. The van der Waals surface area contributed by atoms with Gasteiger partial charge in [0.2, 0.25) is 10.0 Å². The minimum Gasteiger partial charge on any atom is -0.504 e. The second-order valence-corrected chi connectivity index (χ2v) is 12.7. The first-order valence-corrected chi connectivity index (χ1v) is 15.5. The number of anilines is 1. The molecule has 1 aromatic heterocycles. The van der Waals surface area contributed by atoms with E-state index in [0.717, 1.165) is 28.5 Å². The minimum absolute atomic E-state index is 0.0127. The lowest BCUT2D eigenvalue weighted by Gasteiger charge is -2.32. The van der Waals surface area contributed by atoms with Gasteiger partial charge in [-0.05, 0) is 80.3 Å². The number of carbonyl (C=O) groups is 1. The molecule has 224 valence electrons. The van der Waals surface area contributed by atoms with Crippen molar-refractivity contribution in [1.29, 1.82) is 0 Å². The summed E-state index contributed by atoms with van der Waals surface area (Å²) in [4.78, 5) is 15.2. The van der Waals surface area contributed by atoms with Crippen molar-refractivity contribution < 1.29 is 28.2 Å². The van der Waals surface area contributed by atoms with Crippen LogP contribution in [-0.2, 0) is 27.7 Å². The average Bonchev–Trinajstić information content (AvgIpc) is 3.31. The Kier molecular flexibility index (Phi) is 9.48. The smallest absolute Gasteiger partial charge is 0.354 e. The number of hydrogen-bond acceptors (Lipinski definition) is 7. The van der Waals surface area contributed by atoms with E-state index in [-0.39, 0.29) is 29.0 Å². The van der Waals surface area contributed by atoms with Gasteiger partial charge in [0.1, 0.15) is 5.69 Å². The average molecular weight is 594 g/mol. The van der Waals surface area contributed by atoms with Crippen molar-refractivity contribution in [2.24, 2.45) is 0 Å². The van der Waals surface area contributed by atoms with Crippen LogP contribution in [0.5, 0.6) is 11.5 Å². The molecule has 1 unspecified atom stereocenters. The fraction of sp³-hybridized carbons (Fsp3) is 0.344. The fourth-order valence-corrected chi connectivity index (χ4v) is 6.08. The van der Waals surface area contributed by atoms with E-state index in [1.54, 1.807) is 43.3 Å². The molecule has 9 nitrogen and oxygen atoms in total. The highest BCUT2D eigenvalue weighted by Crippen LogP contribution is 2.37. The van der Waals surface area contributed by atoms with Crippen LogP contribution in [0.15, 0.2) is 71.6 Å². The monoisotopic (exact) mass is 593 g/mol. The summed E-state index contributed by atoms with van der Waals surface area (Å²) in [7, 11) is -0.557. The summed E-state index contributed by atoms with van der Waals surface area (Å²) >= 11 is 0. The Hall–Kier alpha value is -4.02. The Morgan fingerprint density at radius 3 is 2.31 bits per heavy atom. The molecule has 42 heavy (non-hydrogen) atoms. The quantitative estimate of drug-likeness (QED) is 0.168. The van der Waals surface area contributed by atoms with Gasteiger partial charge in [0.25, 0.3) is 0 Å². The molecule has 0 saturated heterocycles. The SMILES string of the molecule is CCCN(c1cccc(O)c1O)C(C)Cc1ccc2c(c1)cc(C(=O)OCC)n2Cc1ccc(S(=O)(=O)N(C)C)cc1. The number of ether oxygens (including phenoxy) is 1. The minimum atomic E-state index is -3.54. The lowest BCUT2D eigenvalue weighted by atomic mass is 10.0. The van der Waals surface area contributed by atoms with Crippen molar-refractivity contribution in [3.63, 3.8) is 0 Å². The van der Waals surface area contributed by atoms with Crippen LogP contribution in [0.2, 0.25) is 0 Å². The van der Waals surface area contributed by atoms with E-state index in [9.17, 15) is 23.4 Å². The topological polar surface area (TPSA) is 112 Å². The zero-order valence-corrected chi connectivity index (χ0v) is 25.6. The highest BCUT2D eigenvalue weighted by Gasteiger charge is 2.22. The molecule has 0 spiro atoms. The molecule has 4 rings (SSSR count). The van der Waals surface area contributed by atoms with E-state index < -0.39 is 16.0 Å². The summed E-state index contributed by atoms with van der Waals surface area (Å²) < 4.78 is 33.4. The van der Waals surface area contributed by atoms with E-state index in [0.29, 0.717) is 30.9 Å². The van der Waals surface area contributed by atoms with Gasteiger partial charge >= 0.3 is 5.97 Å². The second-order valence-electron chi connectivity index (χ2n) is 10.6. The van der Waals surface area contributed by atoms with E-state index in [1.807, 2.05) is 22.8 Å². The summed E-state index contributed by atoms with van der Waals surface area (Å²) in [6.07, 6.45) is 1.54. The number of hydrogen-bond donors (Lipinski definition) is 2. The van der Waals surface area contributed by atoms with Crippen molar-refractivity contribution in [3.05, 3.63) is 83.6 Å². The fourth-order valence-electron chi connectivity index (χ4n) is 5.17. The third kappa shape index (κ3) is 6.39. The van der Waals surface area contributed by atoms with Crippen LogP contribution in [0, 0.1) is 0 Å². The molecule has 0 radical (unpaired) electrons. The highest BCUT2D eigenvalue weighted by atomic mass is 32.2. The van der Waals surface area contributed by atoms with E-state index in [1.165, 1.54) is 24.5 Å². The van der Waals surface area contributed by atoms with Crippen LogP contribution in [-0.4, -0.2) is 66.8 Å². The van der Waals surface area contributed by atoms with E-state index in [2.05, 4.69) is 24.8 Å². The van der Waals surface area contributed by atoms with Crippen molar-refractivity contribution in [2.45, 2.75) is 51.1 Å². The summed E-state index contributed by atoms with van der Waals surface area (Å²) in [6, 6.07) is 19.6. The second kappa shape index (κ2) is 12.9. The standard InChI is InChI=1S/C32H39N3O6S/c1-6-17-34(28-9-8-10-30(36)31(28)37)22(3)18-24-13-16-27-25(19-24)20-29(32(38)41-7-2)35(27)21-23-11-14-26(15-12-23)42(39,40)33(4)5/h8-16,19-20,22,36-37H,6-7,17-18,21H2,1-5H3. The first-order valence-electron chi connectivity index (χ1n) is 14.1. The van der Waals surface area contributed by atoms with Crippen LogP contribution in [0.4, 0.5) is 5.69 Å². The predicted molar refractivity (Wildman–Crippen MR) is 165 cm³/mol. The third-order valence-electron chi connectivity index (χ3n) is 7.32. The van der Waals surface area contributed by atoms with Crippen LogP contribution in [0.25, 0.3) is 10.9 Å². The van der Waals surface area contributed by atoms with Gasteiger partial charge in [0.15, 0.2) is 11.5 Å². The third-order valence-corrected chi connectivity index (χ3v) is 9.15. The van der Waals surface area contributed by atoms with Crippen molar-refractivity contribution in [2.75, 3.05) is 32.1 Å². The Balaban J connectivity index is 1.66. The molecular formula is C32H39N3O6S. The lowest BCUT2D eigenvalue weighted by molar-refractivity contribution is 0.0515. The maximum Gasteiger partial charge on any atom is 0.354 e. The normalized spacial score (nSPS) is 12.5. The van der Waals surface area contributed by atoms with Crippen molar-refractivity contribution >= 4 is 32.6 Å². The van der Waals surface area contributed by atoms with Crippen LogP contribution in [0.3, 0.4) is 0 Å². The Bertz CT molecular complexity index is 1660. The maximum absolute atomic E-state index is 12.9. The first-order chi connectivity index (χ1) is 20.0. The van der Waals surface area contributed by atoms with Crippen molar-refractivity contribution in [1.82, 2.24) is 8.87 Å². The predicted octanol–water partition coefficient (Wildman–Crippen LogP) is 5.38. The maximum atomic E-state index is 12.9. The number of aromatic nitrogens is 1. The molecule has 0 fully saturated rings. The van der Waals surface area contributed by atoms with Gasteiger partial charge in [-0.1, -0.05) is 31.2 Å². The highest BCUT2D eigenvalue weighted by molar-refractivity contribution is 7.89. The van der Waals surface area contributed by atoms with Gasteiger partial charge < -0.3 is 24.4 Å². The molecule has 0 aliphatic rings.